The molecule has 0 fully saturated rings. The van der Waals surface area contributed by atoms with E-state index >= 15 is 0 Å². The molecule has 3 N–H and O–H groups in total. The zero-order valence-electron chi connectivity index (χ0n) is 15.4. The fourth-order valence-corrected chi connectivity index (χ4v) is 2.87. The van der Waals surface area contributed by atoms with Crippen LogP contribution in [0.4, 0.5) is 11.5 Å². The molecular weight excluding hydrogens is 326 g/mol. The van der Waals surface area contributed by atoms with Crippen LogP contribution in [-0.4, -0.2) is 45.3 Å². The maximum Gasteiger partial charge on any atom is 0.181 e. The smallest absolute Gasteiger partial charge is 0.181 e. The summed E-state index contributed by atoms with van der Waals surface area (Å²) in [4.78, 5) is 10.7. The SMILES string of the molecule is CCc1ccc([C@H](CNc2ncnc(-n3cccn3)c2N)N(C)C)cc1. The van der Waals surface area contributed by atoms with Gasteiger partial charge in [-0.05, 0) is 37.7 Å². The summed E-state index contributed by atoms with van der Waals surface area (Å²) in [5, 5.41) is 7.55. The van der Waals surface area contributed by atoms with Gasteiger partial charge in [-0.2, -0.15) is 5.10 Å². The minimum absolute atomic E-state index is 0.198. The Hall–Kier alpha value is -2.93. The maximum atomic E-state index is 6.25. The molecule has 26 heavy (non-hydrogen) atoms. The molecule has 2 heterocycles. The van der Waals surface area contributed by atoms with E-state index in [1.165, 1.54) is 17.5 Å². The number of anilines is 2. The third kappa shape index (κ3) is 3.83. The van der Waals surface area contributed by atoms with Crippen LogP contribution in [0.15, 0.2) is 49.1 Å². The van der Waals surface area contributed by atoms with Crippen molar-refractivity contribution in [1.29, 1.82) is 0 Å². The Morgan fingerprint density at radius 3 is 2.58 bits per heavy atom. The number of aromatic nitrogens is 4. The summed E-state index contributed by atoms with van der Waals surface area (Å²) < 4.78 is 1.63. The molecule has 0 amide bonds. The fourth-order valence-electron chi connectivity index (χ4n) is 2.87. The molecule has 1 atom stereocenters. The number of nitrogen functional groups attached to an aromatic ring is 1. The summed E-state index contributed by atoms with van der Waals surface area (Å²) >= 11 is 0. The van der Waals surface area contributed by atoms with Crippen molar-refractivity contribution in [3.05, 3.63) is 60.2 Å². The van der Waals surface area contributed by atoms with E-state index in [1.54, 1.807) is 17.1 Å². The van der Waals surface area contributed by atoms with Crippen LogP contribution >= 0.6 is 0 Å². The number of nitrogens with one attached hydrogen (secondary N) is 1. The Morgan fingerprint density at radius 1 is 1.19 bits per heavy atom. The lowest BCUT2D eigenvalue weighted by molar-refractivity contribution is 0.311. The van der Waals surface area contributed by atoms with Gasteiger partial charge in [0.25, 0.3) is 0 Å². The first-order chi connectivity index (χ1) is 12.6. The highest BCUT2D eigenvalue weighted by Gasteiger charge is 2.16. The van der Waals surface area contributed by atoms with Crippen LogP contribution in [0.5, 0.6) is 0 Å². The van der Waals surface area contributed by atoms with Gasteiger partial charge in [-0.3, -0.25) is 0 Å². The van der Waals surface area contributed by atoms with Crippen LogP contribution in [0, 0.1) is 0 Å². The van der Waals surface area contributed by atoms with Crippen molar-refractivity contribution in [2.45, 2.75) is 19.4 Å². The molecule has 0 aliphatic heterocycles. The average molecular weight is 351 g/mol. The molecule has 1 aromatic carbocycles. The van der Waals surface area contributed by atoms with Gasteiger partial charge in [0.2, 0.25) is 0 Å². The van der Waals surface area contributed by atoms with E-state index in [1.807, 2.05) is 6.07 Å². The lowest BCUT2D eigenvalue weighted by atomic mass is 10.0. The minimum atomic E-state index is 0.198. The number of aryl methyl sites for hydroxylation is 1. The lowest BCUT2D eigenvalue weighted by Crippen LogP contribution is -2.27. The lowest BCUT2D eigenvalue weighted by Gasteiger charge is -2.26. The van der Waals surface area contributed by atoms with E-state index in [2.05, 4.69) is 70.6 Å². The molecule has 0 aliphatic carbocycles. The molecule has 0 unspecified atom stereocenters. The van der Waals surface area contributed by atoms with Gasteiger partial charge in [-0.15, -0.1) is 0 Å². The molecule has 0 aliphatic rings. The van der Waals surface area contributed by atoms with E-state index in [9.17, 15) is 0 Å². The van der Waals surface area contributed by atoms with Gasteiger partial charge in [0.15, 0.2) is 11.6 Å². The van der Waals surface area contributed by atoms with Gasteiger partial charge in [0, 0.05) is 18.9 Å². The van der Waals surface area contributed by atoms with Crippen LogP contribution in [-0.2, 0) is 6.42 Å². The average Bonchev–Trinajstić information content (AvgIpc) is 3.18. The van der Waals surface area contributed by atoms with E-state index in [0.29, 0.717) is 23.9 Å². The number of nitrogens with zero attached hydrogens (tertiary/aromatic N) is 5. The second kappa shape index (κ2) is 7.97. The van der Waals surface area contributed by atoms with Crippen molar-refractivity contribution in [3.63, 3.8) is 0 Å². The second-order valence-corrected chi connectivity index (χ2v) is 6.37. The van der Waals surface area contributed by atoms with Crippen molar-refractivity contribution in [2.75, 3.05) is 31.7 Å². The Morgan fingerprint density at radius 2 is 1.96 bits per heavy atom. The van der Waals surface area contributed by atoms with Crippen molar-refractivity contribution in [1.82, 2.24) is 24.6 Å². The zero-order valence-corrected chi connectivity index (χ0v) is 15.4. The fraction of sp³-hybridized carbons (Fsp3) is 0.316. The summed E-state index contributed by atoms with van der Waals surface area (Å²) in [6.07, 6.45) is 6.03. The van der Waals surface area contributed by atoms with Crippen LogP contribution in [0.2, 0.25) is 0 Å². The molecule has 0 saturated carbocycles. The van der Waals surface area contributed by atoms with Crippen molar-refractivity contribution >= 4 is 11.5 Å². The number of hydrogen-bond acceptors (Lipinski definition) is 6. The maximum absolute atomic E-state index is 6.25. The Bertz CT molecular complexity index is 826. The molecule has 3 rings (SSSR count). The first-order valence-corrected chi connectivity index (χ1v) is 8.69. The number of benzene rings is 1. The van der Waals surface area contributed by atoms with Crippen molar-refractivity contribution in [2.24, 2.45) is 0 Å². The quantitative estimate of drug-likeness (QED) is 0.680. The number of likely N-dealkylation sites (N-methyl/N-ethyl adjacent to an activating group) is 1. The summed E-state index contributed by atoms with van der Waals surface area (Å²) in [6.45, 7) is 2.84. The number of hydrogen-bond donors (Lipinski definition) is 2. The van der Waals surface area contributed by atoms with Crippen molar-refractivity contribution < 1.29 is 0 Å². The standard InChI is InChI=1S/C19H25N7/c1-4-14-6-8-15(9-7-14)16(25(2)3)12-21-18-17(20)19(23-13-22-18)26-11-5-10-24-26/h5-11,13,16H,4,12,20H2,1-3H3,(H,21,22,23)/t16-/m0/s1. The number of rotatable bonds is 7. The van der Waals surface area contributed by atoms with Gasteiger partial charge in [-0.25, -0.2) is 14.6 Å². The molecule has 0 saturated heterocycles. The van der Waals surface area contributed by atoms with E-state index < -0.39 is 0 Å². The van der Waals surface area contributed by atoms with Gasteiger partial charge >= 0.3 is 0 Å². The van der Waals surface area contributed by atoms with E-state index in [0.717, 1.165) is 6.42 Å². The van der Waals surface area contributed by atoms with E-state index in [-0.39, 0.29) is 6.04 Å². The highest BCUT2D eigenvalue weighted by molar-refractivity contribution is 5.68. The third-order valence-corrected chi connectivity index (χ3v) is 4.44. The molecule has 7 nitrogen and oxygen atoms in total. The highest BCUT2D eigenvalue weighted by atomic mass is 15.3. The minimum Gasteiger partial charge on any atom is -0.393 e. The predicted octanol–water partition coefficient (Wildman–Crippen LogP) is 2.52. The highest BCUT2D eigenvalue weighted by Crippen LogP contribution is 2.24. The summed E-state index contributed by atoms with van der Waals surface area (Å²) in [7, 11) is 4.14. The largest absolute Gasteiger partial charge is 0.393 e. The molecule has 0 spiro atoms. The summed E-state index contributed by atoms with van der Waals surface area (Å²) in [5.41, 5.74) is 9.32. The Kier molecular flexibility index (Phi) is 5.48. The van der Waals surface area contributed by atoms with Crippen LogP contribution in [0.3, 0.4) is 0 Å². The number of nitrogens with two attached hydrogens (primary N) is 1. The van der Waals surface area contributed by atoms with Crippen LogP contribution in [0.25, 0.3) is 5.82 Å². The second-order valence-electron chi connectivity index (χ2n) is 6.37. The molecular formula is C19H25N7. The molecule has 136 valence electrons. The van der Waals surface area contributed by atoms with Gasteiger partial charge in [0.05, 0.1) is 6.04 Å². The van der Waals surface area contributed by atoms with Crippen molar-refractivity contribution in [3.8, 4) is 5.82 Å². The van der Waals surface area contributed by atoms with Crippen LogP contribution in [0.1, 0.15) is 24.1 Å². The zero-order chi connectivity index (χ0) is 18.5. The van der Waals surface area contributed by atoms with E-state index in [4.69, 9.17) is 5.73 Å². The molecule has 3 aromatic rings. The topological polar surface area (TPSA) is 84.9 Å². The predicted molar refractivity (Wildman–Crippen MR) is 104 cm³/mol. The molecule has 2 aromatic heterocycles. The normalized spacial score (nSPS) is 12.3. The third-order valence-electron chi connectivity index (χ3n) is 4.44. The molecule has 0 bridgehead atoms. The van der Waals surface area contributed by atoms with Gasteiger partial charge in [0.1, 0.15) is 12.0 Å². The monoisotopic (exact) mass is 351 g/mol. The Labute approximate surface area is 153 Å². The Balaban J connectivity index is 1.78. The summed E-state index contributed by atoms with van der Waals surface area (Å²) in [6, 6.07) is 10.8. The van der Waals surface area contributed by atoms with Crippen LogP contribution < -0.4 is 11.1 Å². The van der Waals surface area contributed by atoms with Gasteiger partial charge < -0.3 is 16.0 Å². The summed E-state index contributed by atoms with van der Waals surface area (Å²) in [5.74, 6) is 1.18. The first kappa shape index (κ1) is 17.9. The molecule has 7 heteroatoms. The first-order valence-electron chi connectivity index (χ1n) is 8.69. The van der Waals surface area contributed by atoms with Gasteiger partial charge in [-0.1, -0.05) is 31.2 Å². The molecule has 0 radical (unpaired) electrons.